The molecule has 3 atom stereocenters. The van der Waals surface area contributed by atoms with Gasteiger partial charge in [0, 0.05) is 49.4 Å². The van der Waals surface area contributed by atoms with Crippen molar-refractivity contribution in [2.45, 2.75) is 45.3 Å². The molecule has 0 radical (unpaired) electrons. The van der Waals surface area contributed by atoms with Gasteiger partial charge in [-0.2, -0.15) is 10.2 Å². The van der Waals surface area contributed by atoms with Crippen molar-refractivity contribution in [2.75, 3.05) is 19.6 Å². The van der Waals surface area contributed by atoms with Crippen molar-refractivity contribution in [3.8, 4) is 11.3 Å². The smallest absolute Gasteiger partial charge is 0.251 e. The van der Waals surface area contributed by atoms with Gasteiger partial charge in [-0.1, -0.05) is 19.9 Å². The SMILES string of the molecule is CCN(CC)[C@@H](C)CNC(=O)c1cc(-c2cnn(C)c2)nc(C2C=NN3C=CC(c4cccs4)=NC23C)c1. The van der Waals surface area contributed by atoms with Crippen molar-refractivity contribution >= 4 is 29.2 Å². The van der Waals surface area contributed by atoms with E-state index in [1.807, 2.05) is 60.3 Å². The predicted octanol–water partition coefficient (Wildman–Crippen LogP) is 4.12. The number of likely N-dealkylation sites (N-methyl/N-ethyl adjacent to an activating group) is 1. The number of hydrogen-bond donors (Lipinski definition) is 1. The number of aromatic nitrogens is 3. The van der Waals surface area contributed by atoms with Crippen LogP contribution < -0.4 is 5.32 Å². The van der Waals surface area contributed by atoms with Crippen molar-refractivity contribution in [2.24, 2.45) is 17.1 Å². The molecular weight excluding hydrogens is 496 g/mol. The second kappa shape index (κ2) is 10.6. The minimum absolute atomic E-state index is 0.124. The van der Waals surface area contributed by atoms with E-state index >= 15 is 0 Å². The summed E-state index contributed by atoms with van der Waals surface area (Å²) in [5.74, 6) is -0.374. The van der Waals surface area contributed by atoms with Gasteiger partial charge in [0.05, 0.1) is 34.1 Å². The largest absolute Gasteiger partial charge is 0.350 e. The lowest BCUT2D eigenvalue weighted by atomic mass is 9.90. The number of thiophene rings is 1. The van der Waals surface area contributed by atoms with Gasteiger partial charge < -0.3 is 5.32 Å². The third kappa shape index (κ3) is 4.93. The van der Waals surface area contributed by atoms with Crippen molar-refractivity contribution in [3.63, 3.8) is 0 Å². The van der Waals surface area contributed by atoms with Gasteiger partial charge in [0.2, 0.25) is 0 Å². The topological polar surface area (TPSA) is 91.0 Å². The Labute approximate surface area is 227 Å². The summed E-state index contributed by atoms with van der Waals surface area (Å²) in [6, 6.07) is 8.05. The Morgan fingerprint density at radius 2 is 2.11 bits per heavy atom. The fourth-order valence-electron chi connectivity index (χ4n) is 5.05. The van der Waals surface area contributed by atoms with Gasteiger partial charge >= 0.3 is 0 Å². The van der Waals surface area contributed by atoms with Gasteiger partial charge in [0.1, 0.15) is 0 Å². The first-order chi connectivity index (χ1) is 18.3. The number of nitrogens with one attached hydrogen (secondary N) is 1. The Morgan fingerprint density at radius 3 is 2.79 bits per heavy atom. The average Bonchev–Trinajstić information content (AvgIpc) is 3.67. The molecule has 198 valence electrons. The summed E-state index contributed by atoms with van der Waals surface area (Å²) in [4.78, 5) is 27.0. The zero-order valence-electron chi connectivity index (χ0n) is 22.5. The summed E-state index contributed by atoms with van der Waals surface area (Å²) < 4.78 is 1.73. The summed E-state index contributed by atoms with van der Waals surface area (Å²) in [7, 11) is 1.87. The summed E-state index contributed by atoms with van der Waals surface area (Å²) in [5.41, 5.74) is 3.07. The summed E-state index contributed by atoms with van der Waals surface area (Å²) in [6.07, 6.45) is 9.51. The van der Waals surface area contributed by atoms with Crippen LogP contribution in [0.1, 0.15) is 54.5 Å². The number of carbonyl (C=O) groups excluding carboxylic acids is 1. The molecule has 0 saturated heterocycles. The highest BCUT2D eigenvalue weighted by Crippen LogP contribution is 2.41. The van der Waals surface area contributed by atoms with E-state index in [1.165, 1.54) is 0 Å². The molecule has 3 aromatic rings. The van der Waals surface area contributed by atoms with Gasteiger partial charge in [-0.15, -0.1) is 11.3 Å². The van der Waals surface area contributed by atoms with Crippen molar-refractivity contribution < 1.29 is 4.79 Å². The molecule has 0 spiro atoms. The maximum absolute atomic E-state index is 13.4. The molecule has 1 amide bonds. The Bertz CT molecular complexity index is 1390. The first kappa shape index (κ1) is 26.0. The van der Waals surface area contributed by atoms with Crippen LogP contribution in [0.5, 0.6) is 0 Å². The van der Waals surface area contributed by atoms with Gasteiger partial charge in [-0.25, -0.2) is 5.01 Å². The number of rotatable bonds is 9. The number of amides is 1. The van der Waals surface area contributed by atoms with E-state index in [0.717, 1.165) is 34.9 Å². The molecule has 2 unspecified atom stereocenters. The maximum Gasteiger partial charge on any atom is 0.251 e. The molecule has 10 heteroatoms. The highest BCUT2D eigenvalue weighted by atomic mass is 32.1. The summed E-state index contributed by atoms with van der Waals surface area (Å²) >= 11 is 1.66. The Kier molecular flexibility index (Phi) is 7.27. The average molecular weight is 531 g/mol. The molecule has 5 heterocycles. The Balaban J connectivity index is 1.50. The van der Waals surface area contributed by atoms with Gasteiger partial charge in [-0.3, -0.25) is 24.4 Å². The second-order valence-corrected chi connectivity index (χ2v) is 10.8. The van der Waals surface area contributed by atoms with E-state index in [1.54, 1.807) is 22.2 Å². The standard InChI is InChI=1S/C28H34N8OS/c1-6-35(7-2)19(3)15-29-27(37)20-13-24(21-16-30-34(5)18-21)32-25(14-20)22-17-31-36-11-10-23(33-28(22,36)4)26-9-8-12-38-26/h8-14,16-19,22H,6-7,15H2,1-5H3,(H,29,37)/t19-,22?,28?/m0/s1. The van der Waals surface area contributed by atoms with Crippen molar-refractivity contribution in [1.82, 2.24) is 30.0 Å². The van der Waals surface area contributed by atoms with E-state index in [4.69, 9.17) is 9.98 Å². The van der Waals surface area contributed by atoms with Gasteiger partial charge in [0.25, 0.3) is 5.91 Å². The van der Waals surface area contributed by atoms with Crippen LogP contribution in [-0.4, -0.2) is 73.8 Å². The minimum atomic E-state index is -0.695. The summed E-state index contributed by atoms with van der Waals surface area (Å²) in [6.45, 7) is 10.9. The monoisotopic (exact) mass is 530 g/mol. The van der Waals surface area contributed by atoms with Crippen molar-refractivity contribution in [1.29, 1.82) is 0 Å². The first-order valence-electron chi connectivity index (χ1n) is 13.0. The molecule has 5 rings (SSSR count). The second-order valence-electron chi connectivity index (χ2n) is 9.82. The molecule has 3 aromatic heterocycles. The number of allylic oxidation sites excluding steroid dienone is 1. The molecule has 2 aliphatic heterocycles. The zero-order valence-corrected chi connectivity index (χ0v) is 23.3. The number of aryl methyl sites for hydroxylation is 1. The number of nitrogens with zero attached hydrogens (tertiary/aromatic N) is 7. The number of pyridine rings is 1. The quantitative estimate of drug-likeness (QED) is 0.449. The molecule has 2 aliphatic rings. The lowest BCUT2D eigenvalue weighted by Gasteiger charge is -2.35. The molecule has 38 heavy (non-hydrogen) atoms. The Morgan fingerprint density at radius 1 is 1.29 bits per heavy atom. The van der Waals surface area contributed by atoms with Gasteiger partial charge in [0.15, 0.2) is 5.66 Å². The van der Waals surface area contributed by atoms with E-state index in [-0.39, 0.29) is 17.9 Å². The zero-order chi connectivity index (χ0) is 26.9. The van der Waals surface area contributed by atoms with Crippen LogP contribution in [0.25, 0.3) is 11.3 Å². The van der Waals surface area contributed by atoms with E-state index in [9.17, 15) is 4.79 Å². The molecular formula is C28H34N8OS. The molecule has 0 bridgehead atoms. The number of fused-ring (bicyclic) bond motifs is 1. The van der Waals surface area contributed by atoms with Crippen LogP contribution in [0.4, 0.5) is 0 Å². The molecule has 0 fully saturated rings. The van der Waals surface area contributed by atoms with E-state index < -0.39 is 5.66 Å². The van der Waals surface area contributed by atoms with Crippen LogP contribution in [0.3, 0.4) is 0 Å². The van der Waals surface area contributed by atoms with Crippen LogP contribution >= 0.6 is 11.3 Å². The summed E-state index contributed by atoms with van der Waals surface area (Å²) in [5, 5.41) is 16.0. The van der Waals surface area contributed by atoms with Crippen molar-refractivity contribution in [3.05, 3.63) is 70.4 Å². The van der Waals surface area contributed by atoms with Crippen LogP contribution in [-0.2, 0) is 7.05 Å². The van der Waals surface area contributed by atoms with Crippen LogP contribution in [0.2, 0.25) is 0 Å². The lowest BCUT2D eigenvalue weighted by molar-refractivity contribution is 0.0937. The third-order valence-electron chi connectivity index (χ3n) is 7.31. The number of carbonyl (C=O) groups is 1. The maximum atomic E-state index is 13.4. The van der Waals surface area contributed by atoms with Crippen LogP contribution in [0, 0.1) is 0 Å². The molecule has 0 aromatic carbocycles. The number of hydrogen-bond acceptors (Lipinski definition) is 8. The predicted molar refractivity (Wildman–Crippen MR) is 153 cm³/mol. The minimum Gasteiger partial charge on any atom is -0.350 e. The molecule has 0 saturated carbocycles. The fraction of sp³-hybridized carbons (Fsp3) is 0.393. The van der Waals surface area contributed by atoms with Crippen LogP contribution in [0.15, 0.2) is 64.4 Å². The Hall–Kier alpha value is -3.63. The molecule has 9 nitrogen and oxygen atoms in total. The highest BCUT2D eigenvalue weighted by Gasteiger charge is 2.46. The normalized spacial score (nSPS) is 21.1. The van der Waals surface area contributed by atoms with Gasteiger partial charge in [-0.05, 0) is 56.6 Å². The highest BCUT2D eigenvalue weighted by molar-refractivity contribution is 7.12. The third-order valence-corrected chi connectivity index (χ3v) is 8.20. The first-order valence-corrected chi connectivity index (χ1v) is 13.9. The fourth-order valence-corrected chi connectivity index (χ4v) is 5.75. The lowest BCUT2D eigenvalue weighted by Crippen LogP contribution is -2.43. The van der Waals surface area contributed by atoms with E-state index in [0.29, 0.717) is 17.8 Å². The molecule has 1 N–H and O–H groups in total. The molecule has 0 aliphatic carbocycles. The number of hydrazone groups is 1. The number of aliphatic imine (C=N–C) groups is 1. The van der Waals surface area contributed by atoms with E-state index in [2.05, 4.69) is 54.2 Å².